The maximum absolute atomic E-state index is 10.7. The van der Waals surface area contributed by atoms with E-state index in [1.165, 1.54) is 0 Å². The summed E-state index contributed by atoms with van der Waals surface area (Å²) in [6.45, 7) is 1.57. The van der Waals surface area contributed by atoms with Crippen LogP contribution in [0.2, 0.25) is 0 Å². The predicted octanol–water partition coefficient (Wildman–Crippen LogP) is 2.54. The molecular weight excluding hydrogens is 216 g/mol. The SMILES string of the molecule is C/C(=C\CC1=CC(O)c2ccccc21)C(=O)O. The molecule has 88 valence electrons. The van der Waals surface area contributed by atoms with Gasteiger partial charge in [0.1, 0.15) is 0 Å². The van der Waals surface area contributed by atoms with E-state index in [9.17, 15) is 9.90 Å². The number of allylic oxidation sites excluding steroid dienone is 2. The van der Waals surface area contributed by atoms with Crippen LogP contribution in [0, 0.1) is 0 Å². The molecule has 0 saturated carbocycles. The normalized spacial score (nSPS) is 18.8. The zero-order valence-electron chi connectivity index (χ0n) is 9.55. The van der Waals surface area contributed by atoms with Crippen molar-refractivity contribution in [3.05, 3.63) is 53.1 Å². The first-order valence-electron chi connectivity index (χ1n) is 5.47. The van der Waals surface area contributed by atoms with Crippen LogP contribution in [0.5, 0.6) is 0 Å². The molecule has 1 aliphatic carbocycles. The Kier molecular flexibility index (Phi) is 3.11. The van der Waals surface area contributed by atoms with Crippen LogP contribution >= 0.6 is 0 Å². The van der Waals surface area contributed by atoms with Crippen molar-refractivity contribution in [2.45, 2.75) is 19.4 Å². The van der Waals surface area contributed by atoms with Gasteiger partial charge in [-0.1, -0.05) is 30.3 Å². The van der Waals surface area contributed by atoms with Gasteiger partial charge < -0.3 is 10.2 Å². The topological polar surface area (TPSA) is 57.5 Å². The molecule has 0 aliphatic heterocycles. The highest BCUT2D eigenvalue weighted by atomic mass is 16.4. The molecule has 2 rings (SSSR count). The Balaban J connectivity index is 2.23. The summed E-state index contributed by atoms with van der Waals surface area (Å²) in [6.07, 6.45) is 3.41. The van der Waals surface area contributed by atoms with Gasteiger partial charge in [-0.25, -0.2) is 4.79 Å². The number of fused-ring (bicyclic) bond motifs is 1. The van der Waals surface area contributed by atoms with Crippen molar-refractivity contribution < 1.29 is 15.0 Å². The molecule has 0 radical (unpaired) electrons. The highest BCUT2D eigenvalue weighted by Crippen LogP contribution is 2.36. The summed E-state index contributed by atoms with van der Waals surface area (Å²) in [7, 11) is 0. The smallest absolute Gasteiger partial charge is 0.330 e. The van der Waals surface area contributed by atoms with Gasteiger partial charge in [-0.15, -0.1) is 0 Å². The van der Waals surface area contributed by atoms with E-state index in [2.05, 4.69) is 0 Å². The van der Waals surface area contributed by atoms with Crippen molar-refractivity contribution in [2.75, 3.05) is 0 Å². The number of hydrogen-bond donors (Lipinski definition) is 2. The van der Waals surface area contributed by atoms with E-state index in [0.717, 1.165) is 16.7 Å². The molecule has 17 heavy (non-hydrogen) atoms. The highest BCUT2D eigenvalue weighted by Gasteiger charge is 2.19. The fourth-order valence-electron chi connectivity index (χ4n) is 1.95. The van der Waals surface area contributed by atoms with Gasteiger partial charge in [0, 0.05) is 5.57 Å². The number of aliphatic carboxylic acids is 1. The second-order valence-electron chi connectivity index (χ2n) is 4.12. The van der Waals surface area contributed by atoms with Crippen LogP contribution in [0.25, 0.3) is 5.57 Å². The fourth-order valence-corrected chi connectivity index (χ4v) is 1.95. The minimum Gasteiger partial charge on any atom is -0.478 e. The van der Waals surface area contributed by atoms with E-state index in [-0.39, 0.29) is 0 Å². The van der Waals surface area contributed by atoms with E-state index in [1.807, 2.05) is 24.3 Å². The van der Waals surface area contributed by atoms with Crippen LogP contribution in [-0.4, -0.2) is 16.2 Å². The van der Waals surface area contributed by atoms with Crippen molar-refractivity contribution >= 4 is 11.5 Å². The summed E-state index contributed by atoms with van der Waals surface area (Å²) in [5.41, 5.74) is 3.21. The van der Waals surface area contributed by atoms with Crippen LogP contribution in [0.4, 0.5) is 0 Å². The second kappa shape index (κ2) is 4.55. The fraction of sp³-hybridized carbons (Fsp3) is 0.214. The number of carbonyl (C=O) groups is 1. The predicted molar refractivity (Wildman–Crippen MR) is 65.4 cm³/mol. The number of benzene rings is 1. The lowest BCUT2D eigenvalue weighted by Gasteiger charge is -2.04. The summed E-state index contributed by atoms with van der Waals surface area (Å²) < 4.78 is 0. The van der Waals surface area contributed by atoms with Gasteiger partial charge in [-0.2, -0.15) is 0 Å². The largest absolute Gasteiger partial charge is 0.478 e. The third-order valence-electron chi connectivity index (χ3n) is 2.95. The number of aliphatic hydroxyl groups is 1. The zero-order valence-corrected chi connectivity index (χ0v) is 9.55. The lowest BCUT2D eigenvalue weighted by atomic mass is 10.0. The molecule has 1 aliphatic rings. The van der Waals surface area contributed by atoms with E-state index >= 15 is 0 Å². The van der Waals surface area contributed by atoms with Gasteiger partial charge in [0.05, 0.1) is 6.10 Å². The Labute approximate surface area is 99.7 Å². The first-order valence-corrected chi connectivity index (χ1v) is 5.47. The Hall–Kier alpha value is -1.87. The average Bonchev–Trinajstić information content (AvgIpc) is 2.64. The third-order valence-corrected chi connectivity index (χ3v) is 2.95. The third kappa shape index (κ3) is 2.29. The van der Waals surface area contributed by atoms with Gasteiger partial charge in [0.2, 0.25) is 0 Å². The van der Waals surface area contributed by atoms with Crippen LogP contribution < -0.4 is 0 Å². The maximum atomic E-state index is 10.7. The van der Waals surface area contributed by atoms with Crippen molar-refractivity contribution in [3.8, 4) is 0 Å². The molecule has 0 aromatic heterocycles. The summed E-state index contributed by atoms with van der Waals surface area (Å²) in [5.74, 6) is -0.905. The molecule has 1 aromatic carbocycles. The van der Waals surface area contributed by atoms with Crippen molar-refractivity contribution in [2.24, 2.45) is 0 Å². The molecule has 0 bridgehead atoms. The van der Waals surface area contributed by atoms with Crippen LogP contribution in [0.1, 0.15) is 30.6 Å². The quantitative estimate of drug-likeness (QED) is 0.784. The number of carboxylic acids is 1. The average molecular weight is 230 g/mol. The Morgan fingerprint density at radius 1 is 1.41 bits per heavy atom. The molecular formula is C14H14O3. The molecule has 0 amide bonds. The first-order chi connectivity index (χ1) is 8.09. The van der Waals surface area contributed by atoms with Crippen LogP contribution in [0.15, 0.2) is 42.0 Å². The highest BCUT2D eigenvalue weighted by molar-refractivity contribution is 5.86. The van der Waals surface area contributed by atoms with Crippen LogP contribution in [-0.2, 0) is 4.79 Å². The van der Waals surface area contributed by atoms with Gasteiger partial charge >= 0.3 is 5.97 Å². The van der Waals surface area contributed by atoms with Gasteiger partial charge in [-0.3, -0.25) is 0 Å². The number of aliphatic hydroxyl groups excluding tert-OH is 1. The van der Waals surface area contributed by atoms with E-state index < -0.39 is 12.1 Å². The summed E-state index contributed by atoms with van der Waals surface area (Å²) in [6, 6.07) is 7.63. The minimum atomic E-state index is -0.905. The second-order valence-corrected chi connectivity index (χ2v) is 4.12. The van der Waals surface area contributed by atoms with Gasteiger partial charge in [0.25, 0.3) is 0 Å². The zero-order chi connectivity index (χ0) is 12.4. The maximum Gasteiger partial charge on any atom is 0.330 e. The summed E-state index contributed by atoms with van der Waals surface area (Å²) >= 11 is 0. The molecule has 1 unspecified atom stereocenters. The molecule has 0 spiro atoms. The molecule has 0 fully saturated rings. The molecule has 0 heterocycles. The lowest BCUT2D eigenvalue weighted by molar-refractivity contribution is -0.132. The molecule has 2 N–H and O–H groups in total. The van der Waals surface area contributed by atoms with Crippen molar-refractivity contribution in [1.82, 2.24) is 0 Å². The molecule has 0 saturated heterocycles. The lowest BCUT2D eigenvalue weighted by Crippen LogP contribution is -1.95. The van der Waals surface area contributed by atoms with Gasteiger partial charge in [0.15, 0.2) is 0 Å². The van der Waals surface area contributed by atoms with Crippen LogP contribution in [0.3, 0.4) is 0 Å². The number of hydrogen-bond acceptors (Lipinski definition) is 2. The van der Waals surface area contributed by atoms with Crippen molar-refractivity contribution in [1.29, 1.82) is 0 Å². The van der Waals surface area contributed by atoms with Crippen molar-refractivity contribution in [3.63, 3.8) is 0 Å². The summed E-state index contributed by atoms with van der Waals surface area (Å²) in [5, 5.41) is 18.6. The van der Waals surface area contributed by atoms with E-state index in [4.69, 9.17) is 5.11 Å². The minimum absolute atomic E-state index is 0.324. The van der Waals surface area contributed by atoms with Gasteiger partial charge in [-0.05, 0) is 36.1 Å². The molecule has 3 heteroatoms. The number of rotatable bonds is 3. The molecule has 1 aromatic rings. The monoisotopic (exact) mass is 230 g/mol. The molecule has 1 atom stereocenters. The Bertz CT molecular complexity index is 512. The Morgan fingerprint density at radius 3 is 2.82 bits per heavy atom. The number of carboxylic acid groups (broad SMARTS) is 1. The first kappa shape index (κ1) is 11.6. The summed E-state index contributed by atoms with van der Waals surface area (Å²) in [4.78, 5) is 10.7. The molecule has 3 nitrogen and oxygen atoms in total. The van der Waals surface area contributed by atoms with E-state index in [0.29, 0.717) is 12.0 Å². The van der Waals surface area contributed by atoms with E-state index in [1.54, 1.807) is 19.1 Å². The standard InChI is InChI=1S/C14H14O3/c1-9(14(16)17)6-7-10-8-13(15)12-5-3-2-4-11(10)12/h2-6,8,13,15H,7H2,1H3,(H,16,17)/b9-6+. The Morgan fingerprint density at radius 2 is 2.12 bits per heavy atom.